The summed E-state index contributed by atoms with van der Waals surface area (Å²) in [5.74, 6) is 0. The average Bonchev–Trinajstić information content (AvgIpc) is 2.80. The molecule has 0 amide bonds. The van der Waals surface area contributed by atoms with E-state index in [-0.39, 0.29) is 0 Å². The molecule has 1 saturated carbocycles. The molecule has 0 aromatic heterocycles. The Kier molecular flexibility index (Phi) is 3.34. The third-order valence-corrected chi connectivity index (χ3v) is 2.76. The van der Waals surface area contributed by atoms with Crippen molar-refractivity contribution < 1.29 is 0 Å². The largest absolute Gasteiger partial charge is 0.318 e. The molecule has 1 rings (SSSR count). The maximum atomic E-state index is 3.48. The van der Waals surface area contributed by atoms with E-state index in [0.717, 1.165) is 13.1 Å². The lowest BCUT2D eigenvalue weighted by Gasteiger charge is -2.12. The van der Waals surface area contributed by atoms with Gasteiger partial charge in [-0.1, -0.05) is 6.92 Å². The number of rotatable bonds is 6. The summed E-state index contributed by atoms with van der Waals surface area (Å²) in [6.07, 6.45) is 4.23. The van der Waals surface area contributed by atoms with E-state index in [0.29, 0.717) is 5.41 Å². The molecule has 0 saturated heterocycles. The third-order valence-electron chi connectivity index (χ3n) is 2.76. The number of nitrogens with one attached hydrogen (secondary N) is 2. The average molecular weight is 156 g/mol. The minimum atomic E-state index is 0.702. The van der Waals surface area contributed by atoms with Crippen LogP contribution in [0.1, 0.15) is 26.2 Å². The van der Waals surface area contributed by atoms with Crippen LogP contribution in [-0.4, -0.2) is 26.7 Å². The Hall–Kier alpha value is -0.0800. The fourth-order valence-corrected chi connectivity index (χ4v) is 1.40. The standard InChI is InChI=1S/C9H20N2/c1-3-9(4-5-9)8-11-7-6-10-2/h10-11H,3-8H2,1-2H3. The zero-order valence-corrected chi connectivity index (χ0v) is 7.74. The van der Waals surface area contributed by atoms with Crippen molar-refractivity contribution in [1.82, 2.24) is 10.6 Å². The highest BCUT2D eigenvalue weighted by atomic mass is 14.9. The van der Waals surface area contributed by atoms with Gasteiger partial charge in [-0.2, -0.15) is 0 Å². The summed E-state index contributed by atoms with van der Waals surface area (Å²) in [4.78, 5) is 0. The molecule has 1 fully saturated rings. The first-order valence-corrected chi connectivity index (χ1v) is 4.68. The molecule has 0 radical (unpaired) electrons. The van der Waals surface area contributed by atoms with Crippen LogP contribution in [0.15, 0.2) is 0 Å². The van der Waals surface area contributed by atoms with E-state index in [4.69, 9.17) is 0 Å². The molecule has 0 aliphatic heterocycles. The van der Waals surface area contributed by atoms with Crippen molar-refractivity contribution in [2.24, 2.45) is 5.41 Å². The second kappa shape index (κ2) is 4.07. The molecule has 2 heteroatoms. The molecule has 0 unspecified atom stereocenters. The van der Waals surface area contributed by atoms with Crippen molar-refractivity contribution >= 4 is 0 Å². The maximum absolute atomic E-state index is 3.48. The van der Waals surface area contributed by atoms with Gasteiger partial charge < -0.3 is 10.6 Å². The summed E-state index contributed by atoms with van der Waals surface area (Å²) in [6, 6.07) is 0. The highest BCUT2D eigenvalue weighted by molar-refractivity contribution is 4.93. The summed E-state index contributed by atoms with van der Waals surface area (Å²) in [5, 5.41) is 6.61. The van der Waals surface area contributed by atoms with Crippen LogP contribution in [0.3, 0.4) is 0 Å². The highest BCUT2D eigenvalue weighted by Crippen LogP contribution is 2.47. The first-order chi connectivity index (χ1) is 5.33. The lowest BCUT2D eigenvalue weighted by Crippen LogP contribution is -2.29. The monoisotopic (exact) mass is 156 g/mol. The van der Waals surface area contributed by atoms with Crippen LogP contribution in [-0.2, 0) is 0 Å². The molecule has 0 bridgehead atoms. The maximum Gasteiger partial charge on any atom is 0.00768 e. The van der Waals surface area contributed by atoms with Crippen LogP contribution >= 0.6 is 0 Å². The molecule has 0 atom stereocenters. The molecule has 0 aromatic carbocycles. The fourth-order valence-electron chi connectivity index (χ4n) is 1.40. The summed E-state index contributed by atoms with van der Waals surface area (Å²) >= 11 is 0. The molecule has 1 aliphatic rings. The first kappa shape index (κ1) is 9.01. The van der Waals surface area contributed by atoms with E-state index in [2.05, 4.69) is 17.6 Å². The lowest BCUT2D eigenvalue weighted by molar-refractivity contribution is 0.444. The van der Waals surface area contributed by atoms with E-state index in [1.165, 1.54) is 25.8 Å². The molecular formula is C9H20N2. The smallest absolute Gasteiger partial charge is 0.00768 e. The van der Waals surface area contributed by atoms with Gasteiger partial charge >= 0.3 is 0 Å². The second-order valence-electron chi connectivity index (χ2n) is 3.63. The molecular weight excluding hydrogens is 136 g/mol. The van der Waals surface area contributed by atoms with Gasteiger partial charge in [0.2, 0.25) is 0 Å². The van der Waals surface area contributed by atoms with E-state index < -0.39 is 0 Å². The summed E-state index contributed by atoms with van der Waals surface area (Å²) in [6.45, 7) is 5.72. The number of likely N-dealkylation sites (N-methyl/N-ethyl adjacent to an activating group) is 1. The quantitative estimate of drug-likeness (QED) is 0.560. The van der Waals surface area contributed by atoms with Crippen LogP contribution in [0.5, 0.6) is 0 Å². The highest BCUT2D eigenvalue weighted by Gasteiger charge is 2.39. The number of hydrogen-bond donors (Lipinski definition) is 2. The van der Waals surface area contributed by atoms with E-state index in [1.807, 2.05) is 7.05 Å². The van der Waals surface area contributed by atoms with Crippen LogP contribution in [0.2, 0.25) is 0 Å². The molecule has 66 valence electrons. The van der Waals surface area contributed by atoms with Crippen LogP contribution in [0, 0.1) is 5.41 Å². The van der Waals surface area contributed by atoms with Crippen molar-refractivity contribution in [3.63, 3.8) is 0 Å². The Labute approximate surface area is 69.8 Å². The minimum absolute atomic E-state index is 0.702. The van der Waals surface area contributed by atoms with Crippen molar-refractivity contribution in [3.05, 3.63) is 0 Å². The van der Waals surface area contributed by atoms with Gasteiger partial charge in [0.1, 0.15) is 0 Å². The van der Waals surface area contributed by atoms with Gasteiger partial charge in [-0.15, -0.1) is 0 Å². The normalized spacial score (nSPS) is 20.2. The second-order valence-corrected chi connectivity index (χ2v) is 3.63. The van der Waals surface area contributed by atoms with Gasteiger partial charge in [0.15, 0.2) is 0 Å². The Morgan fingerprint density at radius 3 is 2.45 bits per heavy atom. The molecule has 0 aromatic rings. The van der Waals surface area contributed by atoms with Gasteiger partial charge in [-0.3, -0.25) is 0 Å². The molecule has 2 nitrogen and oxygen atoms in total. The van der Waals surface area contributed by atoms with Gasteiger partial charge in [0, 0.05) is 19.6 Å². The van der Waals surface area contributed by atoms with Gasteiger partial charge in [0.25, 0.3) is 0 Å². The van der Waals surface area contributed by atoms with Crippen molar-refractivity contribution in [2.75, 3.05) is 26.7 Å². The number of hydrogen-bond acceptors (Lipinski definition) is 2. The van der Waals surface area contributed by atoms with Crippen LogP contribution in [0.4, 0.5) is 0 Å². The predicted molar refractivity (Wildman–Crippen MR) is 48.8 cm³/mol. The Morgan fingerprint density at radius 2 is 2.00 bits per heavy atom. The summed E-state index contributed by atoms with van der Waals surface area (Å²) in [5.41, 5.74) is 0.702. The van der Waals surface area contributed by atoms with Gasteiger partial charge in [-0.25, -0.2) is 0 Å². The van der Waals surface area contributed by atoms with Crippen LogP contribution < -0.4 is 10.6 Å². The molecule has 11 heavy (non-hydrogen) atoms. The summed E-state index contributed by atoms with van der Waals surface area (Å²) < 4.78 is 0. The molecule has 0 spiro atoms. The predicted octanol–water partition coefficient (Wildman–Crippen LogP) is 0.986. The first-order valence-electron chi connectivity index (χ1n) is 4.68. The lowest BCUT2D eigenvalue weighted by atomic mass is 10.0. The Morgan fingerprint density at radius 1 is 1.27 bits per heavy atom. The molecule has 2 N–H and O–H groups in total. The third kappa shape index (κ3) is 2.80. The molecule has 1 aliphatic carbocycles. The van der Waals surface area contributed by atoms with Crippen molar-refractivity contribution in [1.29, 1.82) is 0 Å². The molecule has 0 heterocycles. The minimum Gasteiger partial charge on any atom is -0.318 e. The zero-order valence-electron chi connectivity index (χ0n) is 7.74. The van der Waals surface area contributed by atoms with Crippen molar-refractivity contribution in [3.8, 4) is 0 Å². The van der Waals surface area contributed by atoms with Crippen LogP contribution in [0.25, 0.3) is 0 Å². The Bertz CT molecular complexity index is 108. The SMILES string of the molecule is CCC1(CNCCNC)CC1. The topological polar surface area (TPSA) is 24.1 Å². The zero-order chi connectivity index (χ0) is 8.16. The van der Waals surface area contributed by atoms with E-state index in [9.17, 15) is 0 Å². The van der Waals surface area contributed by atoms with E-state index >= 15 is 0 Å². The Balaban J connectivity index is 1.94. The van der Waals surface area contributed by atoms with Gasteiger partial charge in [-0.05, 0) is 31.7 Å². The van der Waals surface area contributed by atoms with Crippen molar-refractivity contribution in [2.45, 2.75) is 26.2 Å². The summed E-state index contributed by atoms with van der Waals surface area (Å²) in [7, 11) is 1.99. The fraction of sp³-hybridized carbons (Fsp3) is 1.00. The van der Waals surface area contributed by atoms with E-state index in [1.54, 1.807) is 0 Å². The van der Waals surface area contributed by atoms with Gasteiger partial charge in [0.05, 0.1) is 0 Å².